The van der Waals surface area contributed by atoms with Gasteiger partial charge in [0.25, 0.3) is 0 Å². The summed E-state index contributed by atoms with van der Waals surface area (Å²) in [6.45, 7) is 10.5. The van der Waals surface area contributed by atoms with Crippen LogP contribution in [0.1, 0.15) is 47.0 Å². The fourth-order valence-corrected chi connectivity index (χ4v) is 1.86. The minimum absolute atomic E-state index is 0.177. The van der Waals surface area contributed by atoms with Crippen LogP contribution in [-0.4, -0.2) is 37.4 Å². The van der Waals surface area contributed by atoms with Crippen LogP contribution in [0.15, 0.2) is 0 Å². The van der Waals surface area contributed by atoms with Crippen molar-refractivity contribution < 1.29 is 14.3 Å². The molecule has 4 heteroatoms. The molecule has 1 fully saturated rings. The van der Waals surface area contributed by atoms with Crippen LogP contribution in [0.2, 0.25) is 0 Å². The fraction of sp³-hybridized carbons (Fsp3) is 0.929. The smallest absolute Gasteiger partial charge is 0.335 e. The minimum atomic E-state index is -0.337. The average molecular weight is 257 g/mol. The highest BCUT2D eigenvalue weighted by Crippen LogP contribution is 2.14. The number of hydrogen-bond donors (Lipinski definition) is 1. The molecule has 1 N–H and O–H groups in total. The molecule has 1 aliphatic heterocycles. The molecule has 4 nitrogen and oxygen atoms in total. The number of carbonyl (C=O) groups is 1. The van der Waals surface area contributed by atoms with Gasteiger partial charge in [0.1, 0.15) is 6.61 Å². The number of ether oxygens (including phenoxy) is 2. The van der Waals surface area contributed by atoms with Crippen molar-refractivity contribution in [2.45, 2.75) is 58.6 Å². The van der Waals surface area contributed by atoms with Crippen molar-refractivity contribution in [3.05, 3.63) is 0 Å². The summed E-state index contributed by atoms with van der Waals surface area (Å²) in [5.41, 5.74) is -0.177. The summed E-state index contributed by atoms with van der Waals surface area (Å²) in [5, 5.41) is 3.42. The van der Waals surface area contributed by atoms with Crippen molar-refractivity contribution >= 4 is 5.97 Å². The van der Waals surface area contributed by atoms with Gasteiger partial charge in [0.15, 0.2) is 6.10 Å². The topological polar surface area (TPSA) is 47.6 Å². The molecule has 106 valence electrons. The summed E-state index contributed by atoms with van der Waals surface area (Å²) >= 11 is 0. The zero-order valence-electron chi connectivity index (χ0n) is 12.1. The average Bonchev–Trinajstić information content (AvgIpc) is 2.78. The monoisotopic (exact) mass is 257 g/mol. The lowest BCUT2D eigenvalue weighted by Crippen LogP contribution is -2.45. The van der Waals surface area contributed by atoms with E-state index in [1.807, 2.05) is 0 Å². The first-order chi connectivity index (χ1) is 8.41. The van der Waals surface area contributed by atoms with Gasteiger partial charge in [-0.2, -0.15) is 0 Å². The third-order valence-corrected chi connectivity index (χ3v) is 3.09. The Morgan fingerprint density at radius 3 is 2.78 bits per heavy atom. The van der Waals surface area contributed by atoms with Crippen LogP contribution in [0.25, 0.3) is 0 Å². The highest BCUT2D eigenvalue weighted by atomic mass is 16.6. The lowest BCUT2D eigenvalue weighted by molar-refractivity contribution is -0.156. The molecule has 1 aliphatic rings. The van der Waals surface area contributed by atoms with Crippen LogP contribution in [0, 0.1) is 5.92 Å². The van der Waals surface area contributed by atoms with E-state index in [1.165, 1.54) is 0 Å². The zero-order chi connectivity index (χ0) is 13.6. The maximum atomic E-state index is 11.7. The van der Waals surface area contributed by atoms with Gasteiger partial charge >= 0.3 is 5.97 Å². The van der Waals surface area contributed by atoms with Gasteiger partial charge in [-0.15, -0.1) is 0 Å². The second-order valence-electron chi connectivity index (χ2n) is 6.10. The summed E-state index contributed by atoms with van der Waals surface area (Å²) < 4.78 is 10.6. The van der Waals surface area contributed by atoms with E-state index in [4.69, 9.17) is 9.47 Å². The Kier molecular flexibility index (Phi) is 6.09. The van der Waals surface area contributed by atoms with Gasteiger partial charge < -0.3 is 14.8 Å². The SMILES string of the molecule is CC(C)CCNC(C)(C)COC(=O)C1CCCO1. The fourth-order valence-electron chi connectivity index (χ4n) is 1.86. The van der Waals surface area contributed by atoms with E-state index in [0.717, 1.165) is 25.8 Å². The first kappa shape index (κ1) is 15.4. The van der Waals surface area contributed by atoms with E-state index in [2.05, 4.69) is 33.0 Å². The Hall–Kier alpha value is -0.610. The van der Waals surface area contributed by atoms with Gasteiger partial charge in [0, 0.05) is 12.1 Å². The summed E-state index contributed by atoms with van der Waals surface area (Å²) in [6.07, 6.45) is 2.54. The van der Waals surface area contributed by atoms with Gasteiger partial charge in [0.05, 0.1) is 0 Å². The molecule has 1 saturated heterocycles. The third-order valence-electron chi connectivity index (χ3n) is 3.09. The van der Waals surface area contributed by atoms with Crippen LogP contribution in [0.3, 0.4) is 0 Å². The van der Waals surface area contributed by atoms with Crippen LogP contribution >= 0.6 is 0 Å². The third kappa shape index (κ3) is 5.83. The van der Waals surface area contributed by atoms with Crippen molar-refractivity contribution in [2.75, 3.05) is 19.8 Å². The number of carbonyl (C=O) groups excluding carboxylic acids is 1. The largest absolute Gasteiger partial charge is 0.462 e. The Balaban J connectivity index is 2.20. The van der Waals surface area contributed by atoms with Crippen LogP contribution < -0.4 is 5.32 Å². The Morgan fingerprint density at radius 2 is 2.22 bits per heavy atom. The molecule has 0 aromatic rings. The van der Waals surface area contributed by atoms with E-state index in [1.54, 1.807) is 0 Å². The second kappa shape index (κ2) is 7.10. The van der Waals surface area contributed by atoms with Gasteiger partial charge in [-0.25, -0.2) is 4.79 Å². The molecule has 0 amide bonds. The summed E-state index contributed by atoms with van der Waals surface area (Å²) in [4.78, 5) is 11.7. The molecule has 1 unspecified atom stereocenters. The molecule has 0 radical (unpaired) electrons. The molecule has 18 heavy (non-hydrogen) atoms. The first-order valence-corrected chi connectivity index (χ1v) is 6.94. The summed E-state index contributed by atoms with van der Waals surface area (Å²) in [5.74, 6) is 0.467. The van der Waals surface area contributed by atoms with Crippen LogP contribution in [0.4, 0.5) is 0 Å². The van der Waals surface area contributed by atoms with Crippen molar-refractivity contribution in [3.63, 3.8) is 0 Å². The predicted molar refractivity (Wildman–Crippen MR) is 71.5 cm³/mol. The minimum Gasteiger partial charge on any atom is -0.462 e. The van der Waals surface area contributed by atoms with E-state index < -0.39 is 0 Å². The molecule has 0 spiro atoms. The molecule has 0 aromatic heterocycles. The molecule has 0 bridgehead atoms. The first-order valence-electron chi connectivity index (χ1n) is 6.94. The maximum Gasteiger partial charge on any atom is 0.335 e. The highest BCUT2D eigenvalue weighted by molar-refractivity contribution is 5.74. The lowest BCUT2D eigenvalue weighted by atomic mass is 10.1. The Bertz CT molecular complexity index is 258. The van der Waals surface area contributed by atoms with Crippen molar-refractivity contribution in [3.8, 4) is 0 Å². The number of rotatable bonds is 7. The van der Waals surface area contributed by atoms with E-state index in [0.29, 0.717) is 19.1 Å². The zero-order valence-corrected chi connectivity index (χ0v) is 12.1. The molecular formula is C14H27NO3. The summed E-state index contributed by atoms with van der Waals surface area (Å²) in [6, 6.07) is 0. The number of esters is 1. The van der Waals surface area contributed by atoms with Crippen molar-refractivity contribution in [1.82, 2.24) is 5.32 Å². The number of hydrogen-bond acceptors (Lipinski definition) is 4. The van der Waals surface area contributed by atoms with Gasteiger partial charge in [0.2, 0.25) is 0 Å². The lowest BCUT2D eigenvalue weighted by Gasteiger charge is -2.26. The van der Waals surface area contributed by atoms with E-state index >= 15 is 0 Å². The van der Waals surface area contributed by atoms with E-state index in [-0.39, 0.29) is 17.6 Å². The van der Waals surface area contributed by atoms with Crippen LogP contribution in [-0.2, 0) is 14.3 Å². The van der Waals surface area contributed by atoms with Crippen molar-refractivity contribution in [2.24, 2.45) is 5.92 Å². The Labute approximate surface area is 110 Å². The molecule has 0 saturated carbocycles. The predicted octanol–water partition coefficient (Wildman–Crippen LogP) is 2.12. The second-order valence-corrected chi connectivity index (χ2v) is 6.10. The Morgan fingerprint density at radius 1 is 1.50 bits per heavy atom. The quantitative estimate of drug-likeness (QED) is 0.710. The molecule has 0 aromatic carbocycles. The summed E-state index contributed by atoms with van der Waals surface area (Å²) in [7, 11) is 0. The van der Waals surface area contributed by atoms with Gasteiger partial charge in [-0.05, 0) is 45.6 Å². The number of nitrogens with one attached hydrogen (secondary N) is 1. The highest BCUT2D eigenvalue weighted by Gasteiger charge is 2.27. The van der Waals surface area contributed by atoms with Crippen molar-refractivity contribution in [1.29, 1.82) is 0 Å². The molecule has 0 aliphatic carbocycles. The standard InChI is InChI=1S/C14H27NO3/c1-11(2)7-8-15-14(3,4)10-18-13(16)12-6-5-9-17-12/h11-12,15H,5-10H2,1-4H3. The van der Waals surface area contributed by atoms with Gasteiger partial charge in [-0.3, -0.25) is 0 Å². The molecular weight excluding hydrogens is 230 g/mol. The van der Waals surface area contributed by atoms with Gasteiger partial charge in [-0.1, -0.05) is 13.8 Å². The molecule has 1 heterocycles. The van der Waals surface area contributed by atoms with Crippen LogP contribution in [0.5, 0.6) is 0 Å². The maximum absolute atomic E-state index is 11.7. The van der Waals surface area contributed by atoms with E-state index in [9.17, 15) is 4.79 Å². The molecule has 1 rings (SSSR count). The molecule has 1 atom stereocenters. The normalized spacial score (nSPS) is 20.4.